The topological polar surface area (TPSA) is 44.5 Å². The molecule has 0 radical (unpaired) electrons. The number of aryl methyl sites for hydroxylation is 2. The van der Waals surface area contributed by atoms with E-state index in [1.807, 2.05) is 18.2 Å². The zero-order valence-corrected chi connectivity index (χ0v) is 13.1. The van der Waals surface area contributed by atoms with Gasteiger partial charge in [-0.25, -0.2) is 0 Å². The smallest absolute Gasteiger partial charge is 0.122 e. The van der Waals surface area contributed by atoms with Crippen LogP contribution >= 0.6 is 0 Å². The molecule has 0 heterocycles. The van der Waals surface area contributed by atoms with Crippen molar-refractivity contribution in [3.8, 4) is 11.5 Å². The van der Waals surface area contributed by atoms with Crippen LogP contribution in [0.25, 0.3) is 0 Å². The van der Waals surface area contributed by atoms with E-state index in [0.29, 0.717) is 6.54 Å². The third-order valence-electron chi connectivity index (χ3n) is 3.90. The van der Waals surface area contributed by atoms with Crippen molar-refractivity contribution in [2.45, 2.75) is 19.8 Å². The molecule has 0 bridgehead atoms. The Balaban J connectivity index is 2.56. The third-order valence-corrected chi connectivity index (χ3v) is 3.90. The van der Waals surface area contributed by atoms with Gasteiger partial charge in [-0.3, -0.25) is 0 Å². The van der Waals surface area contributed by atoms with E-state index >= 15 is 0 Å². The van der Waals surface area contributed by atoms with Crippen molar-refractivity contribution in [1.29, 1.82) is 0 Å². The maximum Gasteiger partial charge on any atom is 0.122 e. The highest BCUT2D eigenvalue weighted by Crippen LogP contribution is 2.33. The Labute approximate surface area is 126 Å². The molecular weight excluding hydrogens is 262 g/mol. The normalized spacial score (nSPS) is 12.0. The summed E-state index contributed by atoms with van der Waals surface area (Å²) in [7, 11) is 3.32. The molecule has 0 unspecified atom stereocenters. The molecule has 0 spiro atoms. The molecule has 21 heavy (non-hydrogen) atoms. The molecule has 3 heteroatoms. The van der Waals surface area contributed by atoms with Crippen molar-refractivity contribution < 1.29 is 9.47 Å². The van der Waals surface area contributed by atoms with Crippen LogP contribution in [0.3, 0.4) is 0 Å². The molecule has 2 aromatic rings. The molecule has 2 N–H and O–H groups in total. The number of nitrogens with two attached hydrogens (primary N) is 1. The van der Waals surface area contributed by atoms with Gasteiger partial charge in [0, 0.05) is 18.5 Å². The standard InChI is InChI=1S/C18H23NO2/c1-12-6-5-7-13(2)18(12)17(11-19)14-8-15(20-3)10-16(9-14)21-4/h5-10,17H,11,19H2,1-4H3/t17-/m0/s1. The highest BCUT2D eigenvalue weighted by molar-refractivity contribution is 5.47. The average Bonchev–Trinajstić information content (AvgIpc) is 2.50. The number of hydrogen-bond acceptors (Lipinski definition) is 3. The van der Waals surface area contributed by atoms with E-state index in [4.69, 9.17) is 15.2 Å². The van der Waals surface area contributed by atoms with Crippen molar-refractivity contribution in [3.05, 3.63) is 58.7 Å². The number of hydrogen-bond donors (Lipinski definition) is 1. The first kappa shape index (κ1) is 15.4. The molecule has 3 nitrogen and oxygen atoms in total. The van der Waals surface area contributed by atoms with Crippen LogP contribution in [0.5, 0.6) is 11.5 Å². The molecule has 2 aromatic carbocycles. The lowest BCUT2D eigenvalue weighted by Gasteiger charge is -2.22. The quantitative estimate of drug-likeness (QED) is 0.915. The minimum absolute atomic E-state index is 0.134. The van der Waals surface area contributed by atoms with Gasteiger partial charge in [-0.15, -0.1) is 0 Å². The summed E-state index contributed by atoms with van der Waals surface area (Å²) in [6.45, 7) is 4.80. The summed E-state index contributed by atoms with van der Waals surface area (Å²) in [4.78, 5) is 0. The van der Waals surface area contributed by atoms with Crippen LogP contribution in [-0.2, 0) is 0 Å². The van der Waals surface area contributed by atoms with Crippen LogP contribution in [0.1, 0.15) is 28.2 Å². The Morgan fingerprint density at radius 1 is 0.952 bits per heavy atom. The van der Waals surface area contributed by atoms with Crippen molar-refractivity contribution in [2.75, 3.05) is 20.8 Å². The highest BCUT2D eigenvalue weighted by atomic mass is 16.5. The van der Waals surface area contributed by atoms with Gasteiger partial charge in [0.15, 0.2) is 0 Å². The van der Waals surface area contributed by atoms with Crippen molar-refractivity contribution >= 4 is 0 Å². The largest absolute Gasteiger partial charge is 0.497 e. The van der Waals surface area contributed by atoms with Gasteiger partial charge in [0.05, 0.1) is 14.2 Å². The fourth-order valence-electron chi connectivity index (χ4n) is 2.83. The van der Waals surface area contributed by atoms with Gasteiger partial charge in [0.25, 0.3) is 0 Å². The van der Waals surface area contributed by atoms with E-state index in [9.17, 15) is 0 Å². The maximum absolute atomic E-state index is 6.08. The van der Waals surface area contributed by atoms with Crippen LogP contribution in [0.15, 0.2) is 36.4 Å². The molecular formula is C18H23NO2. The number of benzene rings is 2. The molecule has 112 valence electrons. The molecule has 0 aliphatic rings. The van der Waals surface area contributed by atoms with Crippen LogP contribution in [-0.4, -0.2) is 20.8 Å². The minimum Gasteiger partial charge on any atom is -0.497 e. The molecule has 0 saturated carbocycles. The average molecular weight is 285 g/mol. The molecule has 0 fully saturated rings. The molecule has 0 aliphatic carbocycles. The molecule has 0 aliphatic heterocycles. The van der Waals surface area contributed by atoms with Crippen molar-refractivity contribution in [1.82, 2.24) is 0 Å². The first-order chi connectivity index (χ1) is 10.1. The van der Waals surface area contributed by atoms with Gasteiger partial charge in [-0.2, -0.15) is 0 Å². The van der Waals surface area contributed by atoms with E-state index < -0.39 is 0 Å². The highest BCUT2D eigenvalue weighted by Gasteiger charge is 2.18. The second-order valence-corrected chi connectivity index (χ2v) is 5.24. The Bertz CT molecular complexity index is 580. The van der Waals surface area contributed by atoms with Gasteiger partial charge < -0.3 is 15.2 Å². The van der Waals surface area contributed by atoms with E-state index in [2.05, 4.69) is 32.0 Å². The number of ether oxygens (including phenoxy) is 2. The van der Waals surface area contributed by atoms with E-state index in [0.717, 1.165) is 17.1 Å². The lowest BCUT2D eigenvalue weighted by molar-refractivity contribution is 0.393. The lowest BCUT2D eigenvalue weighted by Crippen LogP contribution is -2.16. The van der Waals surface area contributed by atoms with Crippen LogP contribution in [0.2, 0.25) is 0 Å². The minimum atomic E-state index is 0.134. The Kier molecular flexibility index (Phi) is 4.86. The molecule has 0 saturated heterocycles. The second-order valence-electron chi connectivity index (χ2n) is 5.24. The molecule has 0 amide bonds. The van der Waals surface area contributed by atoms with Gasteiger partial charge in [-0.05, 0) is 48.2 Å². The summed E-state index contributed by atoms with van der Waals surface area (Å²) in [5.41, 5.74) is 11.0. The van der Waals surface area contributed by atoms with Gasteiger partial charge in [0.1, 0.15) is 11.5 Å². The van der Waals surface area contributed by atoms with E-state index in [1.165, 1.54) is 16.7 Å². The third kappa shape index (κ3) is 3.19. The first-order valence-corrected chi connectivity index (χ1v) is 7.09. The molecule has 2 rings (SSSR count). The Hall–Kier alpha value is -2.00. The van der Waals surface area contributed by atoms with Gasteiger partial charge >= 0.3 is 0 Å². The molecule has 0 aromatic heterocycles. The van der Waals surface area contributed by atoms with Gasteiger partial charge in [0.2, 0.25) is 0 Å². The lowest BCUT2D eigenvalue weighted by atomic mass is 9.85. The summed E-state index contributed by atoms with van der Waals surface area (Å²) >= 11 is 0. The van der Waals surface area contributed by atoms with Crippen molar-refractivity contribution in [2.24, 2.45) is 5.73 Å². The summed E-state index contributed by atoms with van der Waals surface area (Å²) in [5, 5.41) is 0. The first-order valence-electron chi connectivity index (χ1n) is 7.09. The fourth-order valence-corrected chi connectivity index (χ4v) is 2.83. The van der Waals surface area contributed by atoms with Crippen LogP contribution in [0.4, 0.5) is 0 Å². The summed E-state index contributed by atoms with van der Waals surface area (Å²) in [5.74, 6) is 1.71. The van der Waals surface area contributed by atoms with Gasteiger partial charge in [-0.1, -0.05) is 18.2 Å². The predicted molar refractivity (Wildman–Crippen MR) is 86.4 cm³/mol. The fraction of sp³-hybridized carbons (Fsp3) is 0.333. The zero-order chi connectivity index (χ0) is 15.4. The SMILES string of the molecule is COc1cc(OC)cc([C@H](CN)c2c(C)cccc2C)c1. The Morgan fingerprint density at radius 3 is 1.90 bits per heavy atom. The van der Waals surface area contributed by atoms with E-state index in [1.54, 1.807) is 14.2 Å². The number of rotatable bonds is 5. The summed E-state index contributed by atoms with van der Waals surface area (Å²) < 4.78 is 10.7. The Morgan fingerprint density at radius 2 is 1.48 bits per heavy atom. The monoisotopic (exact) mass is 285 g/mol. The second kappa shape index (κ2) is 6.64. The number of methoxy groups -OCH3 is 2. The maximum atomic E-state index is 6.08. The summed E-state index contributed by atoms with van der Waals surface area (Å²) in [6.07, 6.45) is 0. The van der Waals surface area contributed by atoms with E-state index in [-0.39, 0.29) is 5.92 Å². The van der Waals surface area contributed by atoms with Crippen molar-refractivity contribution in [3.63, 3.8) is 0 Å². The van der Waals surface area contributed by atoms with Crippen LogP contribution < -0.4 is 15.2 Å². The predicted octanol–water partition coefficient (Wildman–Crippen LogP) is 3.41. The summed E-state index contributed by atoms with van der Waals surface area (Å²) in [6, 6.07) is 12.3. The van der Waals surface area contributed by atoms with Crippen LogP contribution in [0, 0.1) is 13.8 Å². The zero-order valence-electron chi connectivity index (χ0n) is 13.1. The molecule has 1 atom stereocenters.